The Morgan fingerprint density at radius 3 is 2.87 bits per heavy atom. The van der Waals surface area contributed by atoms with Gasteiger partial charge in [-0.05, 0) is 12.1 Å². The van der Waals surface area contributed by atoms with E-state index in [9.17, 15) is 9.18 Å². The number of ether oxygens (including phenoxy) is 1. The van der Waals surface area contributed by atoms with Crippen molar-refractivity contribution in [3.63, 3.8) is 0 Å². The van der Waals surface area contributed by atoms with Gasteiger partial charge in [0.05, 0.1) is 12.7 Å². The van der Waals surface area contributed by atoms with Crippen LogP contribution in [0, 0.1) is 17.7 Å². The van der Waals surface area contributed by atoms with Crippen molar-refractivity contribution in [3.8, 4) is 17.6 Å². The topological polar surface area (TPSA) is 46.5 Å². The maximum atomic E-state index is 13.2. The average molecular weight is 208 g/mol. The van der Waals surface area contributed by atoms with Gasteiger partial charge in [0, 0.05) is 6.07 Å². The van der Waals surface area contributed by atoms with Crippen LogP contribution in [0.3, 0.4) is 0 Å². The van der Waals surface area contributed by atoms with Crippen molar-refractivity contribution in [1.29, 1.82) is 0 Å². The number of aliphatic carboxylic acids is 1. The van der Waals surface area contributed by atoms with E-state index in [1.165, 1.54) is 19.2 Å². The summed E-state index contributed by atoms with van der Waals surface area (Å²) in [5.74, 6) is 3.63. The van der Waals surface area contributed by atoms with Crippen LogP contribution in [0.15, 0.2) is 18.2 Å². The van der Waals surface area contributed by atoms with Gasteiger partial charge >= 0.3 is 5.97 Å². The predicted octanol–water partition coefficient (Wildman–Crippen LogP) is 1.66. The highest BCUT2D eigenvalue weighted by Crippen LogP contribution is 2.15. The minimum Gasteiger partial charge on any atom is -0.497 e. The summed E-state index contributed by atoms with van der Waals surface area (Å²) in [5.41, 5.74) is 0.164. The maximum absolute atomic E-state index is 13.2. The molecule has 0 atom stereocenters. The van der Waals surface area contributed by atoms with Crippen molar-refractivity contribution in [1.82, 2.24) is 0 Å². The Balaban J connectivity index is 2.85. The van der Waals surface area contributed by atoms with Crippen LogP contribution in [-0.4, -0.2) is 18.2 Å². The number of carboxylic acid groups (broad SMARTS) is 1. The predicted molar refractivity (Wildman–Crippen MR) is 52.1 cm³/mol. The van der Waals surface area contributed by atoms with Crippen LogP contribution in [0.2, 0.25) is 0 Å². The third kappa shape index (κ3) is 3.31. The van der Waals surface area contributed by atoms with Crippen molar-refractivity contribution in [2.75, 3.05) is 7.11 Å². The monoisotopic (exact) mass is 208 g/mol. The Labute approximate surface area is 86.5 Å². The highest BCUT2D eigenvalue weighted by atomic mass is 19.1. The lowest BCUT2D eigenvalue weighted by Gasteiger charge is -1.99. The molecule has 0 aliphatic rings. The van der Waals surface area contributed by atoms with Crippen LogP contribution in [-0.2, 0) is 4.79 Å². The van der Waals surface area contributed by atoms with Gasteiger partial charge in [-0.1, -0.05) is 11.8 Å². The Bertz CT molecular complexity index is 429. The fraction of sp³-hybridized carbons (Fsp3) is 0.182. The molecule has 0 aromatic heterocycles. The Morgan fingerprint density at radius 1 is 1.60 bits per heavy atom. The van der Waals surface area contributed by atoms with E-state index in [1.54, 1.807) is 6.07 Å². The molecule has 78 valence electrons. The van der Waals surface area contributed by atoms with Crippen LogP contribution >= 0.6 is 0 Å². The van der Waals surface area contributed by atoms with Crippen molar-refractivity contribution in [2.24, 2.45) is 0 Å². The lowest BCUT2D eigenvalue weighted by atomic mass is 10.2. The molecule has 0 saturated heterocycles. The summed E-state index contributed by atoms with van der Waals surface area (Å²) in [6.45, 7) is 0. The first-order valence-electron chi connectivity index (χ1n) is 4.17. The normalized spacial score (nSPS) is 8.93. The molecule has 0 bridgehead atoms. The molecule has 0 unspecified atom stereocenters. The lowest BCUT2D eigenvalue weighted by Crippen LogP contribution is -1.91. The molecular weight excluding hydrogens is 199 g/mol. The zero-order chi connectivity index (χ0) is 11.3. The molecule has 0 amide bonds. The molecule has 15 heavy (non-hydrogen) atoms. The van der Waals surface area contributed by atoms with E-state index in [0.29, 0.717) is 5.75 Å². The largest absolute Gasteiger partial charge is 0.497 e. The van der Waals surface area contributed by atoms with Gasteiger partial charge in [0.25, 0.3) is 0 Å². The Kier molecular flexibility index (Phi) is 3.69. The molecule has 1 aromatic carbocycles. The summed E-state index contributed by atoms with van der Waals surface area (Å²) < 4.78 is 18.0. The van der Waals surface area contributed by atoms with Crippen LogP contribution < -0.4 is 4.74 Å². The minimum atomic E-state index is -1.03. The molecule has 0 radical (unpaired) electrons. The second kappa shape index (κ2) is 5.01. The minimum absolute atomic E-state index is 0.164. The molecule has 0 aliphatic carbocycles. The summed E-state index contributed by atoms with van der Waals surface area (Å²) in [6, 6.07) is 4.21. The van der Waals surface area contributed by atoms with Crippen LogP contribution in [0.1, 0.15) is 12.0 Å². The van der Waals surface area contributed by atoms with Gasteiger partial charge in [0.2, 0.25) is 0 Å². The van der Waals surface area contributed by atoms with Crippen molar-refractivity contribution >= 4 is 5.97 Å². The quantitative estimate of drug-likeness (QED) is 0.752. The van der Waals surface area contributed by atoms with Crippen LogP contribution in [0.25, 0.3) is 0 Å². The number of carbonyl (C=O) groups is 1. The summed E-state index contributed by atoms with van der Waals surface area (Å²) in [6.07, 6.45) is -0.300. The van der Waals surface area contributed by atoms with Gasteiger partial charge in [-0.3, -0.25) is 4.79 Å². The number of methoxy groups -OCH3 is 1. The van der Waals surface area contributed by atoms with E-state index in [1.807, 2.05) is 0 Å². The molecular formula is C11H9FO3. The average Bonchev–Trinajstić information content (AvgIpc) is 2.20. The fourth-order valence-corrected chi connectivity index (χ4v) is 0.939. The molecule has 0 spiro atoms. The van der Waals surface area contributed by atoms with Crippen LogP contribution in [0.4, 0.5) is 4.39 Å². The molecule has 1 aromatic rings. The highest BCUT2D eigenvalue weighted by molar-refractivity contribution is 5.70. The maximum Gasteiger partial charge on any atom is 0.315 e. The zero-order valence-corrected chi connectivity index (χ0v) is 8.08. The van der Waals surface area contributed by atoms with Gasteiger partial charge in [0.15, 0.2) is 0 Å². The molecule has 0 saturated carbocycles. The first kappa shape index (κ1) is 11.1. The summed E-state index contributed by atoms with van der Waals surface area (Å²) in [7, 11) is 1.44. The van der Waals surface area contributed by atoms with E-state index < -0.39 is 11.8 Å². The molecule has 0 heterocycles. The van der Waals surface area contributed by atoms with Crippen molar-refractivity contribution in [3.05, 3.63) is 29.6 Å². The van der Waals surface area contributed by atoms with Gasteiger partial charge < -0.3 is 9.84 Å². The smallest absolute Gasteiger partial charge is 0.315 e. The third-order valence-corrected chi connectivity index (χ3v) is 1.64. The van der Waals surface area contributed by atoms with E-state index in [-0.39, 0.29) is 12.0 Å². The molecule has 1 N–H and O–H groups in total. The second-order valence-corrected chi connectivity index (χ2v) is 2.72. The lowest BCUT2D eigenvalue weighted by molar-refractivity contribution is -0.135. The van der Waals surface area contributed by atoms with Crippen molar-refractivity contribution in [2.45, 2.75) is 6.42 Å². The standard InChI is InChI=1S/C11H9FO3/c1-15-9-6-5-8(10(12)7-9)3-2-4-11(13)14/h5-7H,4H2,1H3,(H,13,14). The number of carboxylic acids is 1. The summed E-state index contributed by atoms with van der Waals surface area (Å²) in [4.78, 5) is 10.2. The zero-order valence-electron chi connectivity index (χ0n) is 8.08. The molecule has 0 fully saturated rings. The number of benzene rings is 1. The van der Waals surface area contributed by atoms with E-state index in [2.05, 4.69) is 11.8 Å². The van der Waals surface area contributed by atoms with E-state index >= 15 is 0 Å². The van der Waals surface area contributed by atoms with E-state index in [0.717, 1.165) is 0 Å². The summed E-state index contributed by atoms with van der Waals surface area (Å²) >= 11 is 0. The highest BCUT2D eigenvalue weighted by Gasteiger charge is 2.00. The molecule has 3 nitrogen and oxygen atoms in total. The number of hydrogen-bond donors (Lipinski definition) is 1. The molecule has 1 rings (SSSR count). The Hall–Kier alpha value is -2.02. The summed E-state index contributed by atoms with van der Waals surface area (Å²) in [5, 5.41) is 8.33. The van der Waals surface area contributed by atoms with Gasteiger partial charge in [-0.15, -0.1) is 0 Å². The third-order valence-electron chi connectivity index (χ3n) is 1.64. The second-order valence-electron chi connectivity index (χ2n) is 2.72. The number of hydrogen-bond acceptors (Lipinski definition) is 2. The van der Waals surface area contributed by atoms with Gasteiger partial charge in [-0.25, -0.2) is 4.39 Å². The van der Waals surface area contributed by atoms with Gasteiger partial charge in [0.1, 0.15) is 18.0 Å². The van der Waals surface area contributed by atoms with E-state index in [4.69, 9.17) is 9.84 Å². The molecule has 0 aliphatic heterocycles. The van der Waals surface area contributed by atoms with Gasteiger partial charge in [-0.2, -0.15) is 0 Å². The number of rotatable bonds is 2. The Morgan fingerprint density at radius 2 is 2.33 bits per heavy atom. The molecule has 4 heteroatoms. The van der Waals surface area contributed by atoms with Crippen molar-refractivity contribution < 1.29 is 19.0 Å². The van der Waals surface area contributed by atoms with Crippen LogP contribution in [0.5, 0.6) is 5.75 Å². The fourth-order valence-electron chi connectivity index (χ4n) is 0.939. The first-order valence-corrected chi connectivity index (χ1v) is 4.17. The first-order chi connectivity index (χ1) is 7.13. The SMILES string of the molecule is COc1ccc(C#CCC(=O)O)c(F)c1. The number of halogens is 1.